The molecule has 0 saturated carbocycles. The second-order valence-corrected chi connectivity index (χ2v) is 9.98. The second-order valence-electron chi connectivity index (χ2n) is 6.28. The molecule has 3 rings (SSSR count). The molecule has 1 atom stereocenters. The molecular formula is C20H16Cl2N2O5S2. The SMILES string of the molecule is C[C@@H](OC(=O)c1ccc(NS(=O)(=O)c2cccs2)cc1)C(=O)Nc1ccc(Cl)cc1Cl. The van der Waals surface area contributed by atoms with Gasteiger partial charge >= 0.3 is 5.97 Å². The summed E-state index contributed by atoms with van der Waals surface area (Å²) in [6, 6.07) is 13.4. The largest absolute Gasteiger partial charge is 0.449 e. The summed E-state index contributed by atoms with van der Waals surface area (Å²) in [4.78, 5) is 24.6. The number of amides is 1. The second kappa shape index (κ2) is 9.69. The number of sulfonamides is 1. The summed E-state index contributed by atoms with van der Waals surface area (Å²) < 4.78 is 32.3. The first kappa shape index (κ1) is 23.1. The molecule has 0 aliphatic carbocycles. The predicted octanol–water partition coefficient (Wildman–Crippen LogP) is 5.04. The van der Waals surface area contributed by atoms with Crippen LogP contribution < -0.4 is 10.0 Å². The van der Waals surface area contributed by atoms with Crippen LogP contribution in [0.2, 0.25) is 10.0 Å². The molecule has 162 valence electrons. The van der Waals surface area contributed by atoms with Crippen molar-refractivity contribution in [2.75, 3.05) is 10.0 Å². The van der Waals surface area contributed by atoms with Crippen molar-refractivity contribution in [3.8, 4) is 0 Å². The minimum atomic E-state index is -3.69. The Morgan fingerprint density at radius 1 is 1.06 bits per heavy atom. The first-order valence-corrected chi connectivity index (χ1v) is 11.9. The van der Waals surface area contributed by atoms with Crippen LogP contribution in [0, 0.1) is 0 Å². The van der Waals surface area contributed by atoms with Gasteiger partial charge in [-0.3, -0.25) is 9.52 Å². The van der Waals surface area contributed by atoms with Crippen LogP contribution in [0.5, 0.6) is 0 Å². The number of rotatable bonds is 7. The topological polar surface area (TPSA) is 102 Å². The minimum absolute atomic E-state index is 0.156. The molecule has 11 heteroatoms. The van der Waals surface area contributed by atoms with Gasteiger partial charge in [0.05, 0.1) is 16.3 Å². The van der Waals surface area contributed by atoms with E-state index in [4.69, 9.17) is 27.9 Å². The molecule has 0 bridgehead atoms. The van der Waals surface area contributed by atoms with Crippen molar-refractivity contribution in [3.05, 3.63) is 75.6 Å². The van der Waals surface area contributed by atoms with Gasteiger partial charge in [0, 0.05) is 10.7 Å². The third kappa shape index (κ3) is 5.98. The maximum atomic E-state index is 12.3. The number of carbonyl (C=O) groups is 2. The van der Waals surface area contributed by atoms with Crippen molar-refractivity contribution in [1.29, 1.82) is 0 Å². The quantitative estimate of drug-likeness (QED) is 0.444. The van der Waals surface area contributed by atoms with Crippen molar-refractivity contribution in [3.63, 3.8) is 0 Å². The van der Waals surface area contributed by atoms with Gasteiger partial charge in [-0.05, 0) is 60.8 Å². The lowest BCUT2D eigenvalue weighted by molar-refractivity contribution is -0.123. The molecule has 1 heterocycles. The zero-order chi connectivity index (χ0) is 22.6. The molecule has 1 amide bonds. The monoisotopic (exact) mass is 498 g/mol. The minimum Gasteiger partial charge on any atom is -0.449 e. The highest BCUT2D eigenvalue weighted by atomic mass is 35.5. The molecule has 31 heavy (non-hydrogen) atoms. The number of benzene rings is 2. The highest BCUT2D eigenvalue weighted by Gasteiger charge is 2.20. The van der Waals surface area contributed by atoms with Gasteiger partial charge in [0.25, 0.3) is 15.9 Å². The van der Waals surface area contributed by atoms with Gasteiger partial charge in [0.2, 0.25) is 0 Å². The zero-order valence-electron chi connectivity index (χ0n) is 16.0. The Bertz CT molecular complexity index is 1200. The first-order chi connectivity index (χ1) is 14.7. The molecule has 0 spiro atoms. The highest BCUT2D eigenvalue weighted by Crippen LogP contribution is 2.26. The third-order valence-electron chi connectivity index (χ3n) is 3.97. The van der Waals surface area contributed by atoms with Gasteiger partial charge in [-0.1, -0.05) is 29.3 Å². The molecular weight excluding hydrogens is 483 g/mol. The summed E-state index contributed by atoms with van der Waals surface area (Å²) in [6.07, 6.45) is -1.10. The van der Waals surface area contributed by atoms with E-state index in [0.717, 1.165) is 11.3 Å². The number of anilines is 2. The van der Waals surface area contributed by atoms with E-state index >= 15 is 0 Å². The summed E-state index contributed by atoms with van der Waals surface area (Å²) in [6.45, 7) is 1.42. The van der Waals surface area contributed by atoms with Crippen molar-refractivity contribution in [1.82, 2.24) is 0 Å². The summed E-state index contributed by atoms with van der Waals surface area (Å²) in [7, 11) is -3.69. The maximum absolute atomic E-state index is 12.3. The van der Waals surface area contributed by atoms with Crippen LogP contribution in [0.4, 0.5) is 11.4 Å². The predicted molar refractivity (Wildman–Crippen MR) is 122 cm³/mol. The zero-order valence-corrected chi connectivity index (χ0v) is 19.1. The smallest absolute Gasteiger partial charge is 0.338 e. The summed E-state index contributed by atoms with van der Waals surface area (Å²) >= 11 is 12.9. The van der Waals surface area contributed by atoms with Crippen LogP contribution in [0.3, 0.4) is 0 Å². The van der Waals surface area contributed by atoms with Crippen molar-refractivity contribution < 1.29 is 22.7 Å². The van der Waals surface area contributed by atoms with Crippen LogP contribution >= 0.6 is 34.5 Å². The average molecular weight is 499 g/mol. The molecule has 3 aromatic rings. The van der Waals surface area contributed by atoms with Gasteiger partial charge in [0.1, 0.15) is 4.21 Å². The van der Waals surface area contributed by atoms with E-state index in [1.807, 2.05) is 0 Å². The Hall–Kier alpha value is -2.59. The van der Waals surface area contributed by atoms with E-state index in [0.29, 0.717) is 10.7 Å². The van der Waals surface area contributed by atoms with Crippen LogP contribution in [0.1, 0.15) is 17.3 Å². The molecule has 0 fully saturated rings. The van der Waals surface area contributed by atoms with E-state index in [9.17, 15) is 18.0 Å². The van der Waals surface area contributed by atoms with Crippen molar-refractivity contribution in [2.45, 2.75) is 17.2 Å². The molecule has 7 nitrogen and oxygen atoms in total. The number of hydrogen-bond donors (Lipinski definition) is 2. The maximum Gasteiger partial charge on any atom is 0.338 e. The number of hydrogen-bond acceptors (Lipinski definition) is 6. The van der Waals surface area contributed by atoms with Crippen LogP contribution in [0.25, 0.3) is 0 Å². The lowest BCUT2D eigenvalue weighted by Crippen LogP contribution is -2.30. The standard InChI is InChI=1S/C20H16Cl2N2O5S2/c1-12(19(25)23-17-9-6-14(21)11-16(17)22)29-20(26)13-4-7-15(8-5-13)24-31(27,28)18-3-2-10-30-18/h2-12,24H,1H3,(H,23,25)/t12-/m1/s1. The Morgan fingerprint density at radius 3 is 2.39 bits per heavy atom. The van der Waals surface area contributed by atoms with E-state index in [1.54, 1.807) is 17.5 Å². The normalized spacial score (nSPS) is 12.1. The lowest BCUT2D eigenvalue weighted by Gasteiger charge is -2.14. The summed E-state index contributed by atoms with van der Waals surface area (Å²) in [5.74, 6) is -1.31. The molecule has 0 radical (unpaired) electrons. The fourth-order valence-electron chi connectivity index (χ4n) is 2.40. The van der Waals surface area contributed by atoms with Crippen LogP contribution in [-0.4, -0.2) is 26.4 Å². The molecule has 2 N–H and O–H groups in total. The lowest BCUT2D eigenvalue weighted by atomic mass is 10.2. The average Bonchev–Trinajstić information content (AvgIpc) is 3.26. The molecule has 2 aromatic carbocycles. The van der Waals surface area contributed by atoms with Gasteiger partial charge in [-0.15, -0.1) is 11.3 Å². The van der Waals surface area contributed by atoms with E-state index in [1.165, 1.54) is 49.4 Å². The molecule has 0 aliphatic rings. The van der Waals surface area contributed by atoms with Crippen LogP contribution in [0.15, 0.2) is 64.2 Å². The Labute approximate surface area is 193 Å². The Balaban J connectivity index is 1.60. The number of halogens is 2. The van der Waals surface area contributed by atoms with Gasteiger partial charge < -0.3 is 10.1 Å². The van der Waals surface area contributed by atoms with Gasteiger partial charge in [-0.2, -0.15) is 0 Å². The molecule has 0 aliphatic heterocycles. The fourth-order valence-corrected chi connectivity index (χ4v) is 4.91. The Kier molecular flexibility index (Phi) is 7.22. The van der Waals surface area contributed by atoms with E-state index in [-0.39, 0.29) is 20.5 Å². The summed E-state index contributed by atoms with van der Waals surface area (Å²) in [5, 5.41) is 4.89. The third-order valence-corrected chi connectivity index (χ3v) is 7.30. The number of nitrogens with one attached hydrogen (secondary N) is 2. The molecule has 1 aromatic heterocycles. The van der Waals surface area contributed by atoms with E-state index < -0.39 is 28.0 Å². The van der Waals surface area contributed by atoms with Gasteiger partial charge in [-0.25, -0.2) is 13.2 Å². The number of ether oxygens (including phenoxy) is 1. The number of carbonyl (C=O) groups excluding carboxylic acids is 2. The van der Waals surface area contributed by atoms with Crippen molar-refractivity contribution in [2.24, 2.45) is 0 Å². The van der Waals surface area contributed by atoms with E-state index in [2.05, 4.69) is 10.0 Å². The molecule has 0 unspecified atom stereocenters. The van der Waals surface area contributed by atoms with Crippen molar-refractivity contribution >= 4 is 67.8 Å². The molecule has 0 saturated heterocycles. The first-order valence-electron chi connectivity index (χ1n) is 8.79. The van der Waals surface area contributed by atoms with Gasteiger partial charge in [0.15, 0.2) is 6.10 Å². The fraction of sp³-hybridized carbons (Fsp3) is 0.100. The summed E-state index contributed by atoms with van der Waals surface area (Å²) in [5.41, 5.74) is 0.776. The number of thiophene rings is 1. The highest BCUT2D eigenvalue weighted by molar-refractivity contribution is 7.94. The number of esters is 1. The Morgan fingerprint density at radius 2 is 1.77 bits per heavy atom. The van der Waals surface area contributed by atoms with Crippen LogP contribution in [-0.2, 0) is 19.6 Å².